The molecule has 4 nitrogen and oxygen atoms in total. The number of aromatic nitrogens is 1. The van der Waals surface area contributed by atoms with Gasteiger partial charge in [-0.1, -0.05) is 18.2 Å². The average molecular weight is 244 g/mol. The van der Waals surface area contributed by atoms with E-state index >= 15 is 0 Å². The van der Waals surface area contributed by atoms with Gasteiger partial charge in [-0.25, -0.2) is 0 Å². The largest absolute Gasteiger partial charge is 0.396 e. The molecule has 1 aliphatic heterocycles. The zero-order chi connectivity index (χ0) is 12.5. The number of amides is 1. The minimum absolute atomic E-state index is 0.0587. The normalized spacial score (nSPS) is 19.6. The number of carbonyl (C=O) groups is 1. The van der Waals surface area contributed by atoms with Crippen LogP contribution in [0.1, 0.15) is 16.8 Å². The monoisotopic (exact) mass is 244 g/mol. The summed E-state index contributed by atoms with van der Waals surface area (Å²) in [5.41, 5.74) is 1.71. The van der Waals surface area contributed by atoms with E-state index in [4.69, 9.17) is 5.11 Å². The summed E-state index contributed by atoms with van der Waals surface area (Å²) in [7, 11) is 0. The van der Waals surface area contributed by atoms with Crippen molar-refractivity contribution >= 4 is 16.8 Å². The Labute approximate surface area is 105 Å². The second-order valence-corrected chi connectivity index (χ2v) is 4.84. The molecule has 0 radical (unpaired) electrons. The van der Waals surface area contributed by atoms with Crippen LogP contribution >= 0.6 is 0 Å². The van der Waals surface area contributed by atoms with E-state index in [-0.39, 0.29) is 18.4 Å². The molecule has 94 valence electrons. The average Bonchev–Trinajstić information content (AvgIpc) is 3.04. The Morgan fingerprint density at radius 2 is 2.28 bits per heavy atom. The number of likely N-dealkylation sites (tertiary alicyclic amines) is 1. The number of H-pyrrole nitrogens is 1. The lowest BCUT2D eigenvalue weighted by Gasteiger charge is -2.15. The molecule has 0 aliphatic carbocycles. The number of para-hydroxylation sites is 1. The minimum Gasteiger partial charge on any atom is -0.396 e. The fourth-order valence-corrected chi connectivity index (χ4v) is 2.58. The third-order valence-corrected chi connectivity index (χ3v) is 3.65. The molecule has 1 aromatic heterocycles. The van der Waals surface area contributed by atoms with Crippen molar-refractivity contribution in [2.75, 3.05) is 19.7 Å². The van der Waals surface area contributed by atoms with Gasteiger partial charge in [-0.15, -0.1) is 0 Å². The summed E-state index contributed by atoms with van der Waals surface area (Å²) in [6.07, 6.45) is 2.67. The van der Waals surface area contributed by atoms with Crippen LogP contribution in [0.25, 0.3) is 10.9 Å². The van der Waals surface area contributed by atoms with Crippen LogP contribution in [0.5, 0.6) is 0 Å². The first kappa shape index (κ1) is 11.3. The zero-order valence-electron chi connectivity index (χ0n) is 10.1. The van der Waals surface area contributed by atoms with E-state index in [9.17, 15) is 4.79 Å². The van der Waals surface area contributed by atoms with Gasteiger partial charge in [0.25, 0.3) is 5.91 Å². The highest BCUT2D eigenvalue weighted by molar-refractivity contribution is 6.06. The van der Waals surface area contributed by atoms with Crippen LogP contribution in [-0.4, -0.2) is 40.6 Å². The maximum absolute atomic E-state index is 12.4. The predicted molar refractivity (Wildman–Crippen MR) is 69.4 cm³/mol. The van der Waals surface area contributed by atoms with Crippen molar-refractivity contribution < 1.29 is 9.90 Å². The number of nitrogens with one attached hydrogen (secondary N) is 1. The number of rotatable bonds is 2. The summed E-state index contributed by atoms with van der Waals surface area (Å²) in [6.45, 7) is 1.57. The van der Waals surface area contributed by atoms with Gasteiger partial charge in [0, 0.05) is 42.7 Å². The van der Waals surface area contributed by atoms with Gasteiger partial charge in [-0.3, -0.25) is 4.79 Å². The molecule has 1 amide bonds. The van der Waals surface area contributed by atoms with Crippen LogP contribution in [0.3, 0.4) is 0 Å². The summed E-state index contributed by atoms with van der Waals surface area (Å²) in [5, 5.41) is 10.1. The molecule has 1 aromatic carbocycles. The fourth-order valence-electron chi connectivity index (χ4n) is 2.58. The van der Waals surface area contributed by atoms with E-state index in [2.05, 4.69) is 4.98 Å². The maximum Gasteiger partial charge on any atom is 0.256 e. The number of hydrogen-bond donors (Lipinski definition) is 2. The molecule has 0 bridgehead atoms. The SMILES string of the molecule is O=C(c1c[nH]c2ccccc12)N1CCC(CO)C1. The summed E-state index contributed by atoms with van der Waals surface area (Å²) < 4.78 is 0. The molecule has 4 heteroatoms. The molecule has 2 N–H and O–H groups in total. The fraction of sp³-hybridized carbons (Fsp3) is 0.357. The zero-order valence-corrected chi connectivity index (χ0v) is 10.1. The Hall–Kier alpha value is -1.81. The second-order valence-electron chi connectivity index (χ2n) is 4.84. The second kappa shape index (κ2) is 4.46. The van der Waals surface area contributed by atoms with Gasteiger partial charge in [0.05, 0.1) is 5.56 Å². The van der Waals surface area contributed by atoms with E-state index < -0.39 is 0 Å². The van der Waals surface area contributed by atoms with Gasteiger partial charge in [0.15, 0.2) is 0 Å². The van der Waals surface area contributed by atoms with E-state index in [1.54, 1.807) is 6.20 Å². The van der Waals surface area contributed by atoms with Crippen LogP contribution in [-0.2, 0) is 0 Å². The lowest BCUT2D eigenvalue weighted by molar-refractivity contribution is 0.0784. The molecule has 0 spiro atoms. The molecule has 18 heavy (non-hydrogen) atoms. The van der Waals surface area contributed by atoms with Gasteiger partial charge in [-0.05, 0) is 12.5 Å². The molecule has 1 saturated heterocycles. The Morgan fingerprint density at radius 1 is 1.44 bits per heavy atom. The predicted octanol–water partition coefficient (Wildman–Crippen LogP) is 1.62. The molecular formula is C14H16N2O2. The van der Waals surface area contributed by atoms with Crippen molar-refractivity contribution in [2.24, 2.45) is 5.92 Å². The number of aliphatic hydroxyl groups excluding tert-OH is 1. The van der Waals surface area contributed by atoms with Crippen molar-refractivity contribution in [1.29, 1.82) is 0 Å². The van der Waals surface area contributed by atoms with E-state index in [0.29, 0.717) is 6.54 Å². The number of benzene rings is 1. The molecule has 1 fully saturated rings. The number of aromatic amines is 1. The van der Waals surface area contributed by atoms with Gasteiger partial charge in [0.2, 0.25) is 0 Å². The number of aliphatic hydroxyl groups is 1. The molecule has 1 aliphatic rings. The summed E-state index contributed by atoms with van der Waals surface area (Å²) in [5.74, 6) is 0.294. The molecule has 2 aromatic rings. The quantitative estimate of drug-likeness (QED) is 0.843. The van der Waals surface area contributed by atoms with Crippen LogP contribution < -0.4 is 0 Å². The van der Waals surface area contributed by atoms with Gasteiger partial charge >= 0.3 is 0 Å². The number of nitrogens with zero attached hydrogens (tertiary/aromatic N) is 1. The standard InChI is InChI=1S/C14H16N2O2/c17-9-10-5-6-16(8-10)14(18)12-7-15-13-4-2-1-3-11(12)13/h1-4,7,10,15,17H,5-6,8-9H2. The topological polar surface area (TPSA) is 56.3 Å². The number of fused-ring (bicyclic) bond motifs is 1. The first-order valence-corrected chi connectivity index (χ1v) is 6.26. The van der Waals surface area contributed by atoms with Gasteiger partial charge in [-0.2, -0.15) is 0 Å². The molecule has 0 saturated carbocycles. The van der Waals surface area contributed by atoms with Crippen molar-refractivity contribution in [1.82, 2.24) is 9.88 Å². The van der Waals surface area contributed by atoms with Crippen LogP contribution in [0.2, 0.25) is 0 Å². The molecule has 1 atom stereocenters. The van der Waals surface area contributed by atoms with Gasteiger partial charge < -0.3 is 15.0 Å². The summed E-state index contributed by atoms with van der Waals surface area (Å²) in [4.78, 5) is 17.4. The lowest BCUT2D eigenvalue weighted by atomic mass is 10.1. The first-order chi connectivity index (χ1) is 8.79. The van der Waals surface area contributed by atoms with E-state index in [1.807, 2.05) is 29.2 Å². The Kier molecular flexibility index (Phi) is 2.80. The molecule has 1 unspecified atom stereocenters. The summed E-state index contributed by atoms with van der Waals surface area (Å²) in [6, 6.07) is 7.81. The minimum atomic E-state index is 0.0587. The van der Waals surface area contributed by atoms with Crippen molar-refractivity contribution in [3.8, 4) is 0 Å². The smallest absolute Gasteiger partial charge is 0.256 e. The van der Waals surface area contributed by atoms with Crippen LogP contribution in [0, 0.1) is 5.92 Å². The van der Waals surface area contributed by atoms with Crippen molar-refractivity contribution in [3.63, 3.8) is 0 Å². The van der Waals surface area contributed by atoms with E-state index in [1.165, 1.54) is 0 Å². The Morgan fingerprint density at radius 3 is 3.06 bits per heavy atom. The Balaban J connectivity index is 1.89. The van der Waals surface area contributed by atoms with Gasteiger partial charge in [0.1, 0.15) is 0 Å². The number of hydrogen-bond acceptors (Lipinski definition) is 2. The van der Waals surface area contributed by atoms with Crippen LogP contribution in [0.15, 0.2) is 30.5 Å². The highest BCUT2D eigenvalue weighted by atomic mass is 16.3. The molecular weight excluding hydrogens is 228 g/mol. The lowest BCUT2D eigenvalue weighted by Crippen LogP contribution is -2.28. The third kappa shape index (κ3) is 1.78. The van der Waals surface area contributed by atoms with Crippen LogP contribution in [0.4, 0.5) is 0 Å². The first-order valence-electron chi connectivity index (χ1n) is 6.26. The third-order valence-electron chi connectivity index (χ3n) is 3.65. The van der Waals surface area contributed by atoms with Crippen molar-refractivity contribution in [2.45, 2.75) is 6.42 Å². The highest BCUT2D eigenvalue weighted by Crippen LogP contribution is 2.23. The molecule has 2 heterocycles. The maximum atomic E-state index is 12.4. The molecule has 3 rings (SSSR count). The highest BCUT2D eigenvalue weighted by Gasteiger charge is 2.27. The Bertz CT molecular complexity index is 576. The van der Waals surface area contributed by atoms with Crippen molar-refractivity contribution in [3.05, 3.63) is 36.0 Å². The van der Waals surface area contributed by atoms with E-state index in [0.717, 1.165) is 29.4 Å². The summed E-state index contributed by atoms with van der Waals surface area (Å²) >= 11 is 0. The number of carbonyl (C=O) groups excluding carboxylic acids is 1.